The number of hydrogen-bond donors (Lipinski definition) is 1. The van der Waals surface area contributed by atoms with Gasteiger partial charge < -0.3 is 10.1 Å². The Morgan fingerprint density at radius 3 is 2.84 bits per heavy atom. The van der Waals surface area contributed by atoms with Gasteiger partial charge in [0.2, 0.25) is 5.88 Å². The van der Waals surface area contributed by atoms with Gasteiger partial charge in [-0.2, -0.15) is 0 Å². The Labute approximate surface area is 109 Å². The van der Waals surface area contributed by atoms with Gasteiger partial charge in [0, 0.05) is 19.2 Å². The first-order valence-corrected chi connectivity index (χ1v) is 5.53. The fourth-order valence-corrected chi connectivity index (χ4v) is 1.56. The summed E-state index contributed by atoms with van der Waals surface area (Å²) in [5.41, 5.74) is 0.470. The zero-order valence-electron chi connectivity index (χ0n) is 10.5. The fourth-order valence-electron chi connectivity index (χ4n) is 1.56. The Morgan fingerprint density at radius 2 is 2.16 bits per heavy atom. The Bertz CT molecular complexity index is 616. The van der Waals surface area contributed by atoms with Gasteiger partial charge in [0.25, 0.3) is 5.69 Å². The van der Waals surface area contributed by atoms with Gasteiger partial charge in [0.05, 0.1) is 10.5 Å². The number of nitro groups is 1. The van der Waals surface area contributed by atoms with Crippen LogP contribution in [0.3, 0.4) is 0 Å². The van der Waals surface area contributed by atoms with Crippen molar-refractivity contribution >= 4 is 11.5 Å². The first kappa shape index (κ1) is 12.7. The van der Waals surface area contributed by atoms with E-state index >= 15 is 0 Å². The zero-order valence-corrected chi connectivity index (χ0v) is 10.5. The lowest BCUT2D eigenvalue weighted by atomic mass is 10.2. The Morgan fingerprint density at radius 1 is 1.37 bits per heavy atom. The molecule has 1 aromatic heterocycles. The highest BCUT2D eigenvalue weighted by molar-refractivity contribution is 5.49. The van der Waals surface area contributed by atoms with Crippen LogP contribution in [0, 0.1) is 17.0 Å². The second-order valence-corrected chi connectivity index (χ2v) is 3.75. The van der Waals surface area contributed by atoms with Crippen molar-refractivity contribution in [3.63, 3.8) is 0 Å². The molecular weight excluding hydrogens is 248 g/mol. The summed E-state index contributed by atoms with van der Waals surface area (Å²) in [5.74, 6) is 1.32. The number of nitrogens with zero attached hydrogens (tertiary/aromatic N) is 3. The minimum Gasteiger partial charge on any atom is -0.438 e. The maximum absolute atomic E-state index is 10.8. The molecule has 0 amide bonds. The van der Waals surface area contributed by atoms with Gasteiger partial charge in [-0.05, 0) is 13.0 Å². The van der Waals surface area contributed by atoms with E-state index in [-0.39, 0.29) is 5.69 Å². The van der Waals surface area contributed by atoms with Crippen LogP contribution in [0.2, 0.25) is 0 Å². The predicted octanol–water partition coefficient (Wildman–Crippen LogP) is 2.53. The van der Waals surface area contributed by atoms with E-state index in [1.54, 1.807) is 32.2 Å². The molecular formula is C12H12N4O3. The lowest BCUT2D eigenvalue weighted by molar-refractivity contribution is -0.385. The second-order valence-electron chi connectivity index (χ2n) is 3.75. The first-order chi connectivity index (χ1) is 9.11. The van der Waals surface area contributed by atoms with Crippen LogP contribution in [0.15, 0.2) is 30.6 Å². The largest absolute Gasteiger partial charge is 0.438 e. The van der Waals surface area contributed by atoms with E-state index in [2.05, 4.69) is 15.3 Å². The third-order valence-corrected chi connectivity index (χ3v) is 2.56. The minimum atomic E-state index is -0.443. The molecule has 0 atom stereocenters. The van der Waals surface area contributed by atoms with Gasteiger partial charge in [-0.1, -0.05) is 6.07 Å². The molecule has 0 aliphatic rings. The van der Waals surface area contributed by atoms with Crippen molar-refractivity contribution in [2.75, 3.05) is 12.4 Å². The summed E-state index contributed by atoms with van der Waals surface area (Å²) in [6, 6.07) is 6.27. The second kappa shape index (κ2) is 5.30. The van der Waals surface area contributed by atoms with E-state index in [4.69, 9.17) is 4.74 Å². The van der Waals surface area contributed by atoms with Crippen molar-refractivity contribution in [2.24, 2.45) is 0 Å². The van der Waals surface area contributed by atoms with Crippen LogP contribution in [0.1, 0.15) is 5.56 Å². The van der Waals surface area contributed by atoms with E-state index in [9.17, 15) is 10.1 Å². The van der Waals surface area contributed by atoms with Crippen LogP contribution in [-0.2, 0) is 0 Å². The number of ether oxygens (including phenoxy) is 1. The lowest BCUT2D eigenvalue weighted by Gasteiger charge is -2.08. The van der Waals surface area contributed by atoms with Crippen molar-refractivity contribution < 1.29 is 9.66 Å². The smallest absolute Gasteiger partial charge is 0.276 e. The fraction of sp³-hybridized carbons (Fsp3) is 0.167. The van der Waals surface area contributed by atoms with Gasteiger partial charge >= 0.3 is 0 Å². The third-order valence-electron chi connectivity index (χ3n) is 2.56. The molecule has 19 heavy (non-hydrogen) atoms. The first-order valence-electron chi connectivity index (χ1n) is 5.53. The summed E-state index contributed by atoms with van der Waals surface area (Å²) in [6.07, 6.45) is 1.36. The van der Waals surface area contributed by atoms with Gasteiger partial charge in [-0.3, -0.25) is 10.1 Å². The van der Waals surface area contributed by atoms with Crippen LogP contribution in [0.5, 0.6) is 11.6 Å². The predicted molar refractivity (Wildman–Crippen MR) is 69.5 cm³/mol. The summed E-state index contributed by atoms with van der Waals surface area (Å²) < 4.78 is 5.55. The van der Waals surface area contributed by atoms with Gasteiger partial charge in [0.15, 0.2) is 0 Å². The molecule has 0 unspecified atom stereocenters. The van der Waals surface area contributed by atoms with Crippen LogP contribution < -0.4 is 10.1 Å². The molecule has 0 aliphatic carbocycles. The molecule has 0 bridgehead atoms. The van der Waals surface area contributed by atoms with E-state index in [1.165, 1.54) is 12.4 Å². The number of benzene rings is 1. The molecule has 0 spiro atoms. The van der Waals surface area contributed by atoms with Crippen LogP contribution >= 0.6 is 0 Å². The van der Waals surface area contributed by atoms with Gasteiger partial charge in [-0.15, -0.1) is 0 Å². The average Bonchev–Trinajstić information content (AvgIpc) is 2.41. The van der Waals surface area contributed by atoms with Crippen molar-refractivity contribution in [1.29, 1.82) is 0 Å². The van der Waals surface area contributed by atoms with Gasteiger partial charge in [-0.25, -0.2) is 9.97 Å². The molecule has 0 fully saturated rings. The van der Waals surface area contributed by atoms with Crippen LogP contribution in [0.4, 0.5) is 11.5 Å². The van der Waals surface area contributed by atoms with Crippen molar-refractivity contribution in [3.05, 3.63) is 46.3 Å². The van der Waals surface area contributed by atoms with E-state index in [0.29, 0.717) is 23.0 Å². The molecule has 7 nitrogen and oxygen atoms in total. The average molecular weight is 260 g/mol. The van der Waals surface area contributed by atoms with E-state index in [0.717, 1.165) is 0 Å². The van der Waals surface area contributed by atoms with Gasteiger partial charge in [0.1, 0.15) is 17.9 Å². The molecule has 0 saturated carbocycles. The summed E-state index contributed by atoms with van der Waals surface area (Å²) in [5, 5.41) is 13.7. The maximum Gasteiger partial charge on any atom is 0.276 e. The highest BCUT2D eigenvalue weighted by Gasteiger charge is 2.15. The molecule has 2 aromatic rings. The van der Waals surface area contributed by atoms with Crippen LogP contribution in [-0.4, -0.2) is 21.9 Å². The Balaban J connectivity index is 2.33. The van der Waals surface area contributed by atoms with Crippen molar-refractivity contribution in [2.45, 2.75) is 6.92 Å². The monoisotopic (exact) mass is 260 g/mol. The molecule has 2 rings (SSSR count). The summed E-state index contributed by atoms with van der Waals surface area (Å²) in [6.45, 7) is 1.63. The van der Waals surface area contributed by atoms with Crippen molar-refractivity contribution in [1.82, 2.24) is 9.97 Å². The Kier molecular flexibility index (Phi) is 3.56. The summed E-state index contributed by atoms with van der Waals surface area (Å²) in [7, 11) is 1.73. The Hall–Kier alpha value is -2.70. The number of aromatic nitrogens is 2. The minimum absolute atomic E-state index is 0.0143. The molecule has 1 N–H and O–H groups in total. The van der Waals surface area contributed by atoms with E-state index < -0.39 is 4.92 Å². The number of rotatable bonds is 4. The summed E-state index contributed by atoms with van der Waals surface area (Å²) in [4.78, 5) is 18.3. The molecule has 1 aromatic carbocycles. The number of hydrogen-bond acceptors (Lipinski definition) is 6. The standard InChI is InChI=1S/C12H12N4O3/c1-8-9(16(17)18)4-3-5-10(8)19-12-6-11(13-2)14-7-15-12/h3-7H,1-2H3,(H,13,14,15). The maximum atomic E-state index is 10.8. The molecule has 1 heterocycles. The van der Waals surface area contributed by atoms with E-state index in [1.807, 2.05) is 0 Å². The molecule has 0 aliphatic heterocycles. The number of nitro benzene ring substituents is 1. The SMILES string of the molecule is CNc1cc(Oc2cccc([N+](=O)[O-])c2C)ncn1. The topological polar surface area (TPSA) is 90.2 Å². The summed E-state index contributed by atoms with van der Waals surface area (Å²) >= 11 is 0. The molecule has 98 valence electrons. The number of nitrogens with one attached hydrogen (secondary N) is 1. The third kappa shape index (κ3) is 2.76. The lowest BCUT2D eigenvalue weighted by Crippen LogP contribution is -1.97. The highest BCUT2D eigenvalue weighted by atomic mass is 16.6. The van der Waals surface area contributed by atoms with Crippen molar-refractivity contribution in [3.8, 4) is 11.6 Å². The number of anilines is 1. The zero-order chi connectivity index (χ0) is 13.8. The van der Waals surface area contributed by atoms with Crippen LogP contribution in [0.25, 0.3) is 0 Å². The molecule has 0 saturated heterocycles. The quantitative estimate of drug-likeness (QED) is 0.671. The highest BCUT2D eigenvalue weighted by Crippen LogP contribution is 2.30. The normalized spacial score (nSPS) is 10.0. The molecule has 0 radical (unpaired) electrons. The molecule has 7 heteroatoms.